The molecule has 8 nitrogen and oxygen atoms in total. The molecule has 0 radical (unpaired) electrons. The second-order valence-electron chi connectivity index (χ2n) is 5.59. The van der Waals surface area contributed by atoms with Gasteiger partial charge in [0.1, 0.15) is 24.0 Å². The number of aliphatic hydroxyl groups excluding tert-OH is 3. The Bertz CT molecular complexity index is 579. The van der Waals surface area contributed by atoms with Crippen LogP contribution in [-0.4, -0.2) is 50.9 Å². The molecule has 0 bridgehead atoms. The van der Waals surface area contributed by atoms with E-state index in [0.29, 0.717) is 0 Å². The van der Waals surface area contributed by atoms with E-state index in [4.69, 9.17) is 4.74 Å². The van der Waals surface area contributed by atoms with Gasteiger partial charge in [-0.2, -0.15) is 0 Å². The fourth-order valence-electron chi connectivity index (χ4n) is 2.39. The van der Waals surface area contributed by atoms with Crippen molar-refractivity contribution >= 4 is 11.4 Å². The minimum atomic E-state index is -1.41. The third kappa shape index (κ3) is 3.05. The summed E-state index contributed by atoms with van der Waals surface area (Å²) in [5, 5.41) is 43.3. The topological polar surface area (TPSA) is 125 Å². The lowest BCUT2D eigenvalue weighted by molar-refractivity contribution is -0.384. The van der Waals surface area contributed by atoms with Crippen LogP contribution < -0.4 is 5.32 Å². The predicted octanol–water partition coefficient (Wildman–Crippen LogP) is 0.451. The summed E-state index contributed by atoms with van der Waals surface area (Å²) in [4.78, 5) is 10.6. The van der Waals surface area contributed by atoms with E-state index in [2.05, 4.69) is 5.32 Å². The van der Waals surface area contributed by atoms with Crippen LogP contribution in [0.3, 0.4) is 0 Å². The number of nitro benzene ring substituents is 1. The Kier molecular flexibility index (Phi) is 4.66. The second kappa shape index (κ2) is 6.17. The normalized spacial score (nSPS) is 31.8. The van der Waals surface area contributed by atoms with Gasteiger partial charge in [0, 0.05) is 6.07 Å². The Morgan fingerprint density at radius 3 is 2.32 bits per heavy atom. The number of aliphatic hydroxyl groups is 3. The molecule has 22 heavy (non-hydrogen) atoms. The molecule has 8 heteroatoms. The molecule has 1 aromatic rings. The van der Waals surface area contributed by atoms with Gasteiger partial charge in [0.05, 0.1) is 11.0 Å². The molecule has 0 aromatic heterocycles. The van der Waals surface area contributed by atoms with Crippen molar-refractivity contribution in [2.45, 2.75) is 51.4 Å². The number of nitrogens with zero attached hydrogens (tertiary/aromatic N) is 1. The van der Waals surface area contributed by atoms with Crippen LogP contribution in [0.1, 0.15) is 18.1 Å². The molecule has 1 aromatic carbocycles. The van der Waals surface area contributed by atoms with Gasteiger partial charge in [0.15, 0.2) is 6.23 Å². The third-order valence-corrected chi connectivity index (χ3v) is 3.96. The lowest BCUT2D eigenvalue weighted by atomic mass is 9.98. The summed E-state index contributed by atoms with van der Waals surface area (Å²) in [6.45, 7) is 5.12. The van der Waals surface area contributed by atoms with Crippen molar-refractivity contribution in [3.8, 4) is 0 Å². The predicted molar refractivity (Wildman–Crippen MR) is 78.5 cm³/mol. The zero-order valence-electron chi connectivity index (χ0n) is 12.6. The summed E-state index contributed by atoms with van der Waals surface area (Å²) < 4.78 is 5.40. The number of benzene rings is 1. The molecular weight excluding hydrogens is 292 g/mol. The summed E-state index contributed by atoms with van der Waals surface area (Å²) in [7, 11) is 0. The Labute approximate surface area is 127 Å². The molecule has 5 atom stereocenters. The summed E-state index contributed by atoms with van der Waals surface area (Å²) in [6.07, 6.45) is -5.81. The quantitative estimate of drug-likeness (QED) is 0.471. The van der Waals surface area contributed by atoms with Crippen molar-refractivity contribution in [3.05, 3.63) is 33.4 Å². The lowest BCUT2D eigenvalue weighted by Crippen LogP contribution is -2.58. The van der Waals surface area contributed by atoms with Crippen molar-refractivity contribution in [2.75, 3.05) is 5.32 Å². The van der Waals surface area contributed by atoms with Crippen LogP contribution in [0.4, 0.5) is 11.4 Å². The standard InChI is InChI=1S/C14H20N2O6/c1-6-4-9(10(16(20)21)5-7(6)2)15-14-13(19)12(18)11(17)8(3)22-14/h4-5,8,11-15,17-19H,1-3H3/t8-,11+,12-,13-,14-/m1/s1. The van der Waals surface area contributed by atoms with Crippen LogP contribution in [0.2, 0.25) is 0 Å². The first kappa shape index (κ1) is 16.6. The van der Waals surface area contributed by atoms with E-state index < -0.39 is 35.6 Å². The number of nitrogens with one attached hydrogen (secondary N) is 1. The van der Waals surface area contributed by atoms with Crippen molar-refractivity contribution < 1.29 is 25.0 Å². The number of rotatable bonds is 3. The fourth-order valence-corrected chi connectivity index (χ4v) is 2.39. The Morgan fingerprint density at radius 1 is 1.14 bits per heavy atom. The van der Waals surface area contributed by atoms with E-state index in [0.717, 1.165) is 11.1 Å². The molecular formula is C14H20N2O6. The molecule has 1 aliphatic rings. The van der Waals surface area contributed by atoms with E-state index >= 15 is 0 Å². The maximum atomic E-state index is 11.2. The zero-order chi connectivity index (χ0) is 16.6. The van der Waals surface area contributed by atoms with Crippen molar-refractivity contribution in [3.63, 3.8) is 0 Å². The third-order valence-electron chi connectivity index (χ3n) is 3.96. The highest BCUT2D eigenvalue weighted by Crippen LogP contribution is 2.31. The Hall–Kier alpha value is -1.74. The van der Waals surface area contributed by atoms with Crippen molar-refractivity contribution in [1.82, 2.24) is 0 Å². The number of aryl methyl sites for hydroxylation is 2. The first-order valence-corrected chi connectivity index (χ1v) is 6.94. The maximum absolute atomic E-state index is 11.2. The first-order chi connectivity index (χ1) is 10.2. The molecule has 0 spiro atoms. The highest BCUT2D eigenvalue weighted by Gasteiger charge is 2.42. The van der Waals surface area contributed by atoms with Gasteiger partial charge in [0.25, 0.3) is 5.69 Å². The minimum absolute atomic E-state index is 0.146. The summed E-state index contributed by atoms with van der Waals surface area (Å²) in [5.41, 5.74) is 1.65. The van der Waals surface area contributed by atoms with Crippen LogP contribution in [0.5, 0.6) is 0 Å². The van der Waals surface area contributed by atoms with Crippen LogP contribution >= 0.6 is 0 Å². The molecule has 0 saturated carbocycles. The Balaban J connectivity index is 2.30. The average molecular weight is 312 g/mol. The molecule has 0 aliphatic carbocycles. The van der Waals surface area contributed by atoms with Gasteiger partial charge in [-0.3, -0.25) is 10.1 Å². The highest BCUT2D eigenvalue weighted by molar-refractivity contribution is 5.64. The number of nitro groups is 1. The van der Waals surface area contributed by atoms with Gasteiger partial charge in [-0.15, -0.1) is 0 Å². The van der Waals surface area contributed by atoms with E-state index in [1.54, 1.807) is 19.9 Å². The SMILES string of the molecule is Cc1cc(N[C@@H]2O[C@H](C)[C@H](O)[C@@H](O)[C@H]2O)c([N+](=O)[O-])cc1C. The molecule has 4 N–H and O–H groups in total. The lowest BCUT2D eigenvalue weighted by Gasteiger charge is -2.39. The smallest absolute Gasteiger partial charge is 0.292 e. The van der Waals surface area contributed by atoms with E-state index in [1.807, 2.05) is 6.92 Å². The van der Waals surface area contributed by atoms with Crippen LogP contribution in [0.15, 0.2) is 12.1 Å². The number of ether oxygens (including phenoxy) is 1. The van der Waals surface area contributed by atoms with E-state index in [-0.39, 0.29) is 11.4 Å². The largest absolute Gasteiger partial charge is 0.388 e. The fraction of sp³-hybridized carbons (Fsp3) is 0.571. The van der Waals surface area contributed by atoms with Crippen LogP contribution in [-0.2, 0) is 4.74 Å². The van der Waals surface area contributed by atoms with Crippen LogP contribution in [0.25, 0.3) is 0 Å². The van der Waals surface area contributed by atoms with Gasteiger partial charge in [-0.05, 0) is 38.0 Å². The molecule has 0 amide bonds. The first-order valence-electron chi connectivity index (χ1n) is 6.94. The van der Waals surface area contributed by atoms with Crippen LogP contribution in [0, 0.1) is 24.0 Å². The molecule has 0 unspecified atom stereocenters. The van der Waals surface area contributed by atoms with Gasteiger partial charge in [-0.25, -0.2) is 0 Å². The summed E-state index contributed by atoms with van der Waals surface area (Å²) in [5.74, 6) is 0. The highest BCUT2D eigenvalue weighted by atomic mass is 16.6. The van der Waals surface area contributed by atoms with Crippen molar-refractivity contribution in [1.29, 1.82) is 0 Å². The number of hydrogen-bond acceptors (Lipinski definition) is 7. The van der Waals surface area contributed by atoms with Gasteiger partial charge < -0.3 is 25.4 Å². The molecule has 1 saturated heterocycles. The number of hydrogen-bond donors (Lipinski definition) is 4. The van der Waals surface area contributed by atoms with Gasteiger partial charge in [-0.1, -0.05) is 0 Å². The average Bonchev–Trinajstić information content (AvgIpc) is 2.45. The summed E-state index contributed by atoms with van der Waals surface area (Å²) >= 11 is 0. The molecule has 1 fully saturated rings. The van der Waals surface area contributed by atoms with Gasteiger partial charge >= 0.3 is 0 Å². The molecule has 2 rings (SSSR count). The van der Waals surface area contributed by atoms with Gasteiger partial charge in [0.2, 0.25) is 0 Å². The van der Waals surface area contributed by atoms with E-state index in [1.165, 1.54) is 6.07 Å². The minimum Gasteiger partial charge on any atom is -0.388 e. The molecule has 1 heterocycles. The second-order valence-corrected chi connectivity index (χ2v) is 5.59. The van der Waals surface area contributed by atoms with E-state index in [9.17, 15) is 25.4 Å². The monoisotopic (exact) mass is 312 g/mol. The number of anilines is 1. The molecule has 1 aliphatic heterocycles. The van der Waals surface area contributed by atoms with Crippen molar-refractivity contribution in [2.24, 2.45) is 0 Å². The summed E-state index contributed by atoms with van der Waals surface area (Å²) in [6, 6.07) is 3.02. The Morgan fingerprint density at radius 2 is 1.73 bits per heavy atom. The maximum Gasteiger partial charge on any atom is 0.292 e. The molecule has 122 valence electrons. The zero-order valence-corrected chi connectivity index (χ0v) is 12.6.